The largest absolute Gasteiger partial charge is 0.497 e. The van der Waals surface area contributed by atoms with Crippen LogP contribution in [0.15, 0.2) is 84.0 Å². The average molecular weight is 503 g/mol. The van der Waals surface area contributed by atoms with E-state index in [4.69, 9.17) is 9.47 Å². The van der Waals surface area contributed by atoms with Gasteiger partial charge in [0.25, 0.3) is 0 Å². The zero-order valence-corrected chi connectivity index (χ0v) is 21.0. The molecule has 1 atom stereocenters. The lowest BCUT2D eigenvalue weighted by Gasteiger charge is -2.17. The topological polar surface area (TPSA) is 95.3 Å². The van der Waals surface area contributed by atoms with E-state index in [1.54, 1.807) is 37.4 Å². The molecule has 8 nitrogen and oxygen atoms in total. The molecule has 184 valence electrons. The number of carbonyl (C=O) groups excluding carboxylic acids is 2. The molecule has 0 aliphatic heterocycles. The van der Waals surface area contributed by atoms with Crippen LogP contribution in [0.5, 0.6) is 11.5 Å². The Kier molecular flexibility index (Phi) is 8.02. The van der Waals surface area contributed by atoms with Gasteiger partial charge in [0, 0.05) is 23.0 Å². The van der Waals surface area contributed by atoms with Crippen molar-refractivity contribution in [3.8, 4) is 17.2 Å². The molecule has 0 radical (unpaired) electrons. The molecule has 4 aromatic rings. The maximum Gasteiger partial charge on any atom is 0.234 e. The minimum Gasteiger partial charge on any atom is -0.497 e. The highest BCUT2D eigenvalue weighted by Gasteiger charge is 2.22. The summed E-state index contributed by atoms with van der Waals surface area (Å²) in [6, 6.07) is 23.9. The Morgan fingerprint density at radius 2 is 1.72 bits per heavy atom. The maximum absolute atomic E-state index is 12.6. The summed E-state index contributed by atoms with van der Waals surface area (Å²) in [6.07, 6.45) is -0.428. The van der Waals surface area contributed by atoms with Gasteiger partial charge in [-0.15, -0.1) is 10.2 Å². The second kappa shape index (κ2) is 11.5. The van der Waals surface area contributed by atoms with E-state index in [2.05, 4.69) is 15.5 Å². The molecule has 3 aromatic carbocycles. The van der Waals surface area contributed by atoms with Gasteiger partial charge in [0.2, 0.25) is 5.91 Å². The molecular formula is C27H26N4O4S. The second-order valence-electron chi connectivity index (χ2n) is 7.92. The summed E-state index contributed by atoms with van der Waals surface area (Å²) >= 11 is 1.27. The molecule has 0 saturated carbocycles. The van der Waals surface area contributed by atoms with E-state index >= 15 is 0 Å². The molecule has 36 heavy (non-hydrogen) atoms. The summed E-state index contributed by atoms with van der Waals surface area (Å²) < 4.78 is 13.3. The fraction of sp³-hybridized carbons (Fsp3) is 0.185. The summed E-state index contributed by atoms with van der Waals surface area (Å²) in [6.45, 7) is 3.38. The van der Waals surface area contributed by atoms with Crippen LogP contribution < -0.4 is 14.8 Å². The van der Waals surface area contributed by atoms with Gasteiger partial charge in [0.05, 0.1) is 12.9 Å². The third-order valence-electron chi connectivity index (χ3n) is 5.28. The zero-order chi connectivity index (χ0) is 25.5. The van der Waals surface area contributed by atoms with Crippen LogP contribution in [-0.4, -0.2) is 39.3 Å². The van der Waals surface area contributed by atoms with E-state index in [0.717, 1.165) is 5.69 Å². The number of nitrogens with zero attached hydrogens (tertiary/aromatic N) is 3. The van der Waals surface area contributed by atoms with Gasteiger partial charge >= 0.3 is 0 Å². The first-order valence-electron chi connectivity index (χ1n) is 11.3. The van der Waals surface area contributed by atoms with Crippen LogP contribution in [0.4, 0.5) is 5.69 Å². The van der Waals surface area contributed by atoms with Gasteiger partial charge in [0.15, 0.2) is 22.9 Å². The lowest BCUT2D eigenvalue weighted by Crippen LogP contribution is -2.15. The van der Waals surface area contributed by atoms with Crippen molar-refractivity contribution < 1.29 is 19.1 Å². The zero-order valence-electron chi connectivity index (χ0n) is 20.2. The number of benzene rings is 3. The number of hydrogen-bond donors (Lipinski definition) is 1. The van der Waals surface area contributed by atoms with Crippen LogP contribution >= 0.6 is 11.8 Å². The lowest BCUT2D eigenvalue weighted by atomic mass is 10.1. The molecule has 1 amide bonds. The minimum atomic E-state index is -0.428. The summed E-state index contributed by atoms with van der Waals surface area (Å²) in [5.74, 6) is 1.77. The predicted molar refractivity (Wildman–Crippen MR) is 139 cm³/mol. The lowest BCUT2D eigenvalue weighted by molar-refractivity contribution is -0.113. The summed E-state index contributed by atoms with van der Waals surface area (Å²) in [7, 11) is 1.61. The molecule has 0 saturated heterocycles. The highest BCUT2D eigenvalue weighted by Crippen LogP contribution is 2.29. The van der Waals surface area contributed by atoms with E-state index in [-0.39, 0.29) is 17.4 Å². The third-order valence-corrected chi connectivity index (χ3v) is 6.20. The Labute approximate surface area is 213 Å². The number of anilines is 1. The van der Waals surface area contributed by atoms with Gasteiger partial charge in [-0.25, -0.2) is 0 Å². The number of rotatable bonds is 10. The quantitative estimate of drug-likeness (QED) is 0.231. The van der Waals surface area contributed by atoms with Gasteiger partial charge in [-0.2, -0.15) is 0 Å². The van der Waals surface area contributed by atoms with E-state index in [0.29, 0.717) is 33.7 Å². The maximum atomic E-state index is 12.6. The van der Waals surface area contributed by atoms with E-state index < -0.39 is 6.10 Å². The van der Waals surface area contributed by atoms with Crippen molar-refractivity contribution in [3.05, 3.63) is 90.3 Å². The van der Waals surface area contributed by atoms with Crippen molar-refractivity contribution >= 4 is 29.1 Å². The number of nitrogens with one attached hydrogen (secondary N) is 1. The van der Waals surface area contributed by atoms with Gasteiger partial charge in [-0.1, -0.05) is 48.2 Å². The van der Waals surface area contributed by atoms with Crippen LogP contribution in [0.3, 0.4) is 0 Å². The van der Waals surface area contributed by atoms with Crippen molar-refractivity contribution in [1.82, 2.24) is 14.8 Å². The monoisotopic (exact) mass is 502 g/mol. The van der Waals surface area contributed by atoms with E-state index in [9.17, 15) is 9.59 Å². The van der Waals surface area contributed by atoms with Crippen LogP contribution in [0, 0.1) is 0 Å². The summed E-state index contributed by atoms with van der Waals surface area (Å²) in [5, 5.41) is 12.1. The molecule has 0 bridgehead atoms. The predicted octanol–water partition coefficient (Wildman–Crippen LogP) is 5.35. The Hall–Kier alpha value is -4.11. The van der Waals surface area contributed by atoms with Crippen molar-refractivity contribution in [3.63, 3.8) is 0 Å². The number of amides is 1. The highest BCUT2D eigenvalue weighted by molar-refractivity contribution is 7.99. The van der Waals surface area contributed by atoms with Crippen molar-refractivity contribution in [2.75, 3.05) is 18.2 Å². The number of ketones is 1. The number of aromatic nitrogens is 3. The number of ether oxygens (including phenoxy) is 2. The molecule has 1 unspecified atom stereocenters. The number of thioether (sulfide) groups is 1. The summed E-state index contributed by atoms with van der Waals surface area (Å²) in [5.41, 5.74) is 1.97. The van der Waals surface area contributed by atoms with Crippen molar-refractivity contribution in [1.29, 1.82) is 0 Å². The number of Topliss-reactive ketones (excluding diaryl/α,β-unsaturated/α-hetero) is 1. The molecule has 0 aliphatic carbocycles. The second-order valence-corrected chi connectivity index (χ2v) is 8.87. The van der Waals surface area contributed by atoms with Crippen molar-refractivity contribution in [2.24, 2.45) is 0 Å². The first kappa shape index (κ1) is 25.0. The molecule has 4 rings (SSSR count). The Morgan fingerprint density at radius 1 is 0.972 bits per heavy atom. The van der Waals surface area contributed by atoms with Crippen molar-refractivity contribution in [2.45, 2.75) is 25.1 Å². The Bertz CT molecular complexity index is 1360. The third kappa shape index (κ3) is 6.11. The Balaban J connectivity index is 1.52. The molecule has 0 aliphatic rings. The summed E-state index contributed by atoms with van der Waals surface area (Å²) in [4.78, 5) is 24.3. The SMILES string of the molecule is COc1cccc(OC(C)c2nnc(SCC(=O)Nc3cccc(C(C)=O)c3)n2-c2ccccc2)c1. The van der Waals surface area contributed by atoms with Crippen LogP contribution in [-0.2, 0) is 4.79 Å². The van der Waals surface area contributed by atoms with E-state index in [1.165, 1.54) is 18.7 Å². The van der Waals surface area contributed by atoms with Crippen LogP contribution in [0.2, 0.25) is 0 Å². The standard InChI is InChI=1S/C27H26N4O4S/c1-18(32)20-9-7-10-21(15-20)28-25(33)17-36-27-30-29-26(31(27)22-11-5-4-6-12-22)19(2)35-24-14-8-13-23(16-24)34-3/h4-16,19H,17H2,1-3H3,(H,28,33). The van der Waals surface area contributed by atoms with Crippen LogP contribution in [0.1, 0.15) is 36.1 Å². The molecule has 9 heteroatoms. The molecule has 1 heterocycles. The van der Waals surface area contributed by atoms with Gasteiger partial charge in [-0.3, -0.25) is 14.2 Å². The number of para-hydroxylation sites is 1. The number of carbonyl (C=O) groups is 2. The fourth-order valence-electron chi connectivity index (χ4n) is 3.53. The average Bonchev–Trinajstić information content (AvgIpc) is 3.32. The molecule has 1 aromatic heterocycles. The van der Waals surface area contributed by atoms with Crippen LogP contribution in [0.25, 0.3) is 5.69 Å². The molecule has 1 N–H and O–H groups in total. The Morgan fingerprint density at radius 3 is 2.47 bits per heavy atom. The van der Waals surface area contributed by atoms with Gasteiger partial charge in [-0.05, 0) is 50.2 Å². The molecule has 0 spiro atoms. The number of hydrogen-bond acceptors (Lipinski definition) is 7. The smallest absolute Gasteiger partial charge is 0.234 e. The first-order chi connectivity index (χ1) is 17.4. The minimum absolute atomic E-state index is 0.0609. The highest BCUT2D eigenvalue weighted by atomic mass is 32.2. The normalized spacial score (nSPS) is 11.5. The first-order valence-corrected chi connectivity index (χ1v) is 12.3. The van der Waals surface area contributed by atoms with E-state index in [1.807, 2.05) is 60.0 Å². The fourth-order valence-corrected chi connectivity index (χ4v) is 4.29. The van der Waals surface area contributed by atoms with Gasteiger partial charge < -0.3 is 14.8 Å². The van der Waals surface area contributed by atoms with Gasteiger partial charge in [0.1, 0.15) is 11.5 Å². The number of methoxy groups -OCH3 is 1. The molecule has 0 fully saturated rings. The molecular weight excluding hydrogens is 476 g/mol.